The summed E-state index contributed by atoms with van der Waals surface area (Å²) in [6.45, 7) is 2.80. The fourth-order valence-corrected chi connectivity index (χ4v) is 4.43. The molecule has 28 heavy (non-hydrogen) atoms. The molecule has 0 amide bonds. The molecule has 3 saturated heterocycles. The molecule has 8 N–H and O–H groups in total. The molecule has 0 bridgehead atoms. The van der Waals surface area contributed by atoms with Gasteiger partial charge in [0.15, 0.2) is 23.7 Å². The Hall–Kier alpha value is -2.83. The van der Waals surface area contributed by atoms with Crippen LogP contribution in [0, 0.1) is 17.7 Å². The number of nitrogens with zero attached hydrogens (tertiary/aromatic N) is 1. The molecule has 3 fully saturated rings. The topological polar surface area (TPSA) is 187 Å². The van der Waals surface area contributed by atoms with Crippen LogP contribution in [0.2, 0.25) is 0 Å². The van der Waals surface area contributed by atoms with E-state index >= 15 is 0 Å². The normalized spacial score (nSPS) is 35.5. The summed E-state index contributed by atoms with van der Waals surface area (Å²) in [7, 11) is 0. The van der Waals surface area contributed by atoms with Crippen LogP contribution in [0.4, 0.5) is 0 Å². The highest BCUT2D eigenvalue weighted by molar-refractivity contribution is 5.89. The lowest BCUT2D eigenvalue weighted by molar-refractivity contribution is -0.259. The average molecular weight is 394 g/mol. The van der Waals surface area contributed by atoms with Gasteiger partial charge in [-0.2, -0.15) is 0 Å². The second kappa shape index (κ2) is 5.83. The van der Waals surface area contributed by atoms with Gasteiger partial charge in [-0.15, -0.1) is 0 Å². The predicted octanol–water partition coefficient (Wildman–Crippen LogP) is -2.41. The summed E-state index contributed by atoms with van der Waals surface area (Å²) in [5.41, 5.74) is -1.80. The maximum absolute atomic E-state index is 12.5. The molecule has 1 spiro atoms. The van der Waals surface area contributed by atoms with Crippen molar-refractivity contribution in [3.8, 4) is 0 Å². The second-order valence-electron chi connectivity index (χ2n) is 7.24. The van der Waals surface area contributed by atoms with Crippen molar-refractivity contribution >= 4 is 17.9 Å². The first-order valence-corrected chi connectivity index (χ1v) is 8.74. The summed E-state index contributed by atoms with van der Waals surface area (Å²) >= 11 is 0. The van der Waals surface area contributed by atoms with Crippen molar-refractivity contribution < 1.29 is 29.3 Å². The number of aliphatic hydroxyl groups is 3. The number of hydrogen-bond acceptors (Lipinski definition) is 8. The van der Waals surface area contributed by atoms with Gasteiger partial charge in [-0.1, -0.05) is 0 Å². The van der Waals surface area contributed by atoms with Crippen molar-refractivity contribution in [3.05, 3.63) is 23.7 Å². The molecule has 3 aliphatic rings. The first-order chi connectivity index (χ1) is 13.1. The molecule has 0 radical (unpaired) electrons. The van der Waals surface area contributed by atoms with Crippen LogP contribution in [0.15, 0.2) is 16.5 Å². The third-order valence-corrected chi connectivity index (χ3v) is 5.59. The number of nitrogens with one attached hydrogen (secondary N) is 5. The van der Waals surface area contributed by atoms with Gasteiger partial charge in [-0.3, -0.25) is 10.8 Å². The molecule has 4 heterocycles. The molecular weight excluding hydrogens is 372 g/mol. The highest BCUT2D eigenvalue weighted by Gasteiger charge is 2.77. The quantitative estimate of drug-likeness (QED) is 0.203. The zero-order chi connectivity index (χ0) is 20.4. The minimum Gasteiger partial charge on any atom is -0.454 e. The lowest BCUT2D eigenvalue weighted by Crippen LogP contribution is -2.81. The summed E-state index contributed by atoms with van der Waals surface area (Å²) < 4.78 is 10.6. The van der Waals surface area contributed by atoms with E-state index in [-0.39, 0.29) is 17.7 Å². The van der Waals surface area contributed by atoms with Gasteiger partial charge in [0.25, 0.3) is 0 Å². The van der Waals surface area contributed by atoms with E-state index in [1.807, 2.05) is 0 Å². The number of esters is 1. The van der Waals surface area contributed by atoms with Crippen LogP contribution in [-0.2, 0) is 4.74 Å². The summed E-state index contributed by atoms with van der Waals surface area (Å²) in [4.78, 5) is 13.8. The molecule has 0 saturated carbocycles. The van der Waals surface area contributed by atoms with Crippen molar-refractivity contribution in [2.24, 2.45) is 0 Å². The number of ether oxygens (including phenoxy) is 1. The monoisotopic (exact) mass is 394 g/mol. The molecule has 1 aromatic rings. The van der Waals surface area contributed by atoms with E-state index < -0.39 is 48.3 Å². The average Bonchev–Trinajstić information content (AvgIpc) is 3.25. The van der Waals surface area contributed by atoms with E-state index in [0.717, 1.165) is 0 Å². The number of aliphatic hydroxyl groups excluding tert-OH is 1. The van der Waals surface area contributed by atoms with Gasteiger partial charge in [-0.25, -0.2) is 4.79 Å². The van der Waals surface area contributed by atoms with Gasteiger partial charge in [-0.05, 0) is 26.0 Å². The third kappa shape index (κ3) is 2.19. The lowest BCUT2D eigenvalue weighted by Gasteiger charge is -2.51. The number of aryl methyl sites for hydroxylation is 1. The fourth-order valence-electron chi connectivity index (χ4n) is 4.43. The van der Waals surface area contributed by atoms with Crippen LogP contribution < -0.4 is 16.0 Å². The van der Waals surface area contributed by atoms with Crippen LogP contribution in [0.25, 0.3) is 0 Å². The van der Waals surface area contributed by atoms with E-state index in [1.54, 1.807) is 19.9 Å². The molecule has 12 nitrogen and oxygen atoms in total. The maximum atomic E-state index is 12.5. The van der Waals surface area contributed by atoms with Crippen LogP contribution in [-0.4, -0.2) is 80.4 Å². The summed E-state index contributed by atoms with van der Waals surface area (Å²) in [5.74, 6) is -3.60. The Labute approximate surface area is 159 Å². The van der Waals surface area contributed by atoms with Crippen molar-refractivity contribution in [3.63, 3.8) is 0 Å². The molecule has 5 atom stereocenters. The zero-order valence-electron chi connectivity index (χ0n) is 15.2. The Kier molecular flexibility index (Phi) is 3.86. The number of rotatable bonds is 3. The van der Waals surface area contributed by atoms with E-state index in [0.29, 0.717) is 5.76 Å². The van der Waals surface area contributed by atoms with E-state index in [2.05, 4.69) is 16.0 Å². The zero-order valence-corrected chi connectivity index (χ0v) is 15.2. The number of carbonyl (C=O) groups excluding carboxylic acids is 1. The van der Waals surface area contributed by atoms with Gasteiger partial charge in [0, 0.05) is 0 Å². The van der Waals surface area contributed by atoms with Gasteiger partial charge in [0.05, 0.1) is 24.7 Å². The summed E-state index contributed by atoms with van der Waals surface area (Å²) in [5, 5.41) is 56.4. The maximum Gasteiger partial charge on any atom is 0.374 e. The molecule has 0 aromatic carbocycles. The molecule has 12 heteroatoms. The van der Waals surface area contributed by atoms with Crippen LogP contribution in [0.1, 0.15) is 23.2 Å². The molecule has 0 unspecified atom stereocenters. The molecule has 4 rings (SSSR count). The second-order valence-corrected chi connectivity index (χ2v) is 7.24. The van der Waals surface area contributed by atoms with Gasteiger partial charge < -0.3 is 45.3 Å². The Bertz CT molecular complexity index is 854. The lowest BCUT2D eigenvalue weighted by atomic mass is 9.85. The van der Waals surface area contributed by atoms with Crippen molar-refractivity contribution in [1.82, 2.24) is 20.9 Å². The SMILES string of the molecule is Cc1ccc(C(=O)O[C@H]2[C@H](C)N3C(=N)N[C@@H](CO)[C@@H]4NC(=N)N[C@@]43C2(O)O)o1. The summed E-state index contributed by atoms with van der Waals surface area (Å²) in [6, 6.07) is 0.460. The Morgan fingerprint density at radius 1 is 1.36 bits per heavy atom. The Morgan fingerprint density at radius 3 is 2.68 bits per heavy atom. The molecule has 1 aromatic heterocycles. The Balaban J connectivity index is 1.74. The third-order valence-electron chi connectivity index (χ3n) is 5.59. The first-order valence-electron chi connectivity index (χ1n) is 8.74. The minimum absolute atomic E-state index is 0.0916. The Morgan fingerprint density at radius 2 is 2.07 bits per heavy atom. The van der Waals surface area contributed by atoms with Gasteiger partial charge >= 0.3 is 5.97 Å². The summed E-state index contributed by atoms with van der Waals surface area (Å²) in [6.07, 6.45) is -1.48. The van der Waals surface area contributed by atoms with Crippen molar-refractivity contribution in [1.29, 1.82) is 10.8 Å². The minimum atomic E-state index is -2.70. The first kappa shape index (κ1) is 18.5. The van der Waals surface area contributed by atoms with Crippen molar-refractivity contribution in [2.45, 2.75) is 49.5 Å². The molecular formula is C16H22N6O6. The number of carbonyl (C=O) groups is 1. The smallest absolute Gasteiger partial charge is 0.374 e. The van der Waals surface area contributed by atoms with Crippen LogP contribution >= 0.6 is 0 Å². The number of guanidine groups is 2. The van der Waals surface area contributed by atoms with E-state index in [9.17, 15) is 20.1 Å². The number of hydrogen-bond donors (Lipinski definition) is 8. The predicted molar refractivity (Wildman–Crippen MR) is 93.4 cm³/mol. The van der Waals surface area contributed by atoms with Crippen LogP contribution in [0.3, 0.4) is 0 Å². The van der Waals surface area contributed by atoms with Crippen molar-refractivity contribution in [2.75, 3.05) is 6.61 Å². The number of furan rings is 1. The van der Waals surface area contributed by atoms with E-state index in [1.165, 1.54) is 11.0 Å². The highest BCUT2D eigenvalue weighted by Crippen LogP contribution is 2.47. The molecule has 3 aliphatic heterocycles. The van der Waals surface area contributed by atoms with Crippen LogP contribution in [0.5, 0.6) is 0 Å². The molecule has 152 valence electrons. The van der Waals surface area contributed by atoms with Gasteiger partial charge in [0.1, 0.15) is 5.76 Å². The van der Waals surface area contributed by atoms with E-state index in [4.69, 9.17) is 20.0 Å². The largest absolute Gasteiger partial charge is 0.454 e. The highest BCUT2D eigenvalue weighted by atomic mass is 16.6. The van der Waals surface area contributed by atoms with Gasteiger partial charge in [0.2, 0.25) is 11.5 Å². The fraction of sp³-hybridized carbons (Fsp3) is 0.562. The standard InChI is InChI=1S/C16H22N6O6/c1-6-3-4-9(27-6)12(24)28-11-7(2)22-14(18)19-8(5-23)10-15(22,16(11,25)26)21-13(17)20-10/h3-4,7-8,10-11,23,25-26H,5H2,1-2H3,(H2,18,19)(H3,17,20,21)/t7-,8-,10-,11-,15-/m0/s1. The molecule has 0 aliphatic carbocycles.